The summed E-state index contributed by atoms with van der Waals surface area (Å²) >= 11 is 7.57. The molecule has 0 atom stereocenters. The van der Waals surface area contributed by atoms with Gasteiger partial charge in [-0.05, 0) is 35.2 Å². The number of hydrogen-bond acceptors (Lipinski definition) is 3. The SMILES string of the molecule is O=C(C=Cc1cccs1)Nc1ccnn1Cc1cccc(Cl)c1. The molecule has 0 aliphatic heterocycles. The maximum atomic E-state index is 12.0. The van der Waals surface area contributed by atoms with Gasteiger partial charge in [0.15, 0.2) is 0 Å². The molecule has 116 valence electrons. The summed E-state index contributed by atoms with van der Waals surface area (Å²) in [6.07, 6.45) is 4.96. The number of anilines is 1. The lowest BCUT2D eigenvalue weighted by Gasteiger charge is -2.08. The Bertz CT molecular complexity index is 824. The molecule has 4 nitrogen and oxygen atoms in total. The van der Waals surface area contributed by atoms with Crippen LogP contribution in [0.25, 0.3) is 6.08 Å². The molecule has 0 saturated carbocycles. The van der Waals surface area contributed by atoms with Crippen LogP contribution in [0.1, 0.15) is 10.4 Å². The summed E-state index contributed by atoms with van der Waals surface area (Å²) in [6.45, 7) is 0.539. The third-order valence-corrected chi connectivity index (χ3v) is 4.20. The van der Waals surface area contributed by atoms with Gasteiger partial charge in [-0.15, -0.1) is 11.3 Å². The summed E-state index contributed by atoms with van der Waals surface area (Å²) in [5.74, 6) is 0.456. The number of nitrogens with one attached hydrogen (secondary N) is 1. The predicted octanol–water partition coefficient (Wildman–Crippen LogP) is 4.30. The average Bonchev–Trinajstić information content (AvgIpc) is 3.18. The Morgan fingerprint density at radius 1 is 1.30 bits per heavy atom. The molecular weight excluding hydrogens is 330 g/mol. The Kier molecular flexibility index (Phi) is 4.90. The van der Waals surface area contributed by atoms with Gasteiger partial charge in [0.25, 0.3) is 0 Å². The van der Waals surface area contributed by atoms with Crippen LogP contribution in [0.5, 0.6) is 0 Å². The van der Waals surface area contributed by atoms with Crippen molar-refractivity contribution in [1.29, 1.82) is 0 Å². The Morgan fingerprint density at radius 2 is 2.22 bits per heavy atom. The first-order chi connectivity index (χ1) is 11.2. The second-order valence-corrected chi connectivity index (χ2v) is 6.26. The molecule has 0 saturated heterocycles. The molecule has 0 radical (unpaired) electrons. The summed E-state index contributed by atoms with van der Waals surface area (Å²) in [5, 5.41) is 9.72. The van der Waals surface area contributed by atoms with Crippen LogP contribution in [0.3, 0.4) is 0 Å². The van der Waals surface area contributed by atoms with Crippen LogP contribution in [0, 0.1) is 0 Å². The molecule has 6 heteroatoms. The van der Waals surface area contributed by atoms with E-state index in [0.29, 0.717) is 17.4 Å². The fraction of sp³-hybridized carbons (Fsp3) is 0.0588. The zero-order valence-electron chi connectivity index (χ0n) is 12.1. The van der Waals surface area contributed by atoms with E-state index in [9.17, 15) is 4.79 Å². The number of hydrogen-bond donors (Lipinski definition) is 1. The summed E-state index contributed by atoms with van der Waals surface area (Å²) in [6, 6.07) is 13.2. The third-order valence-electron chi connectivity index (χ3n) is 3.13. The number of aromatic nitrogens is 2. The smallest absolute Gasteiger partial charge is 0.249 e. The third kappa shape index (κ3) is 4.31. The van der Waals surface area contributed by atoms with Crippen molar-refractivity contribution in [2.45, 2.75) is 6.54 Å². The lowest BCUT2D eigenvalue weighted by molar-refractivity contribution is -0.111. The molecule has 0 aliphatic rings. The molecule has 1 N–H and O–H groups in total. The number of rotatable bonds is 5. The van der Waals surface area contributed by atoms with Gasteiger partial charge < -0.3 is 5.32 Å². The highest BCUT2D eigenvalue weighted by Crippen LogP contribution is 2.15. The minimum absolute atomic E-state index is 0.189. The van der Waals surface area contributed by atoms with E-state index in [1.54, 1.807) is 34.4 Å². The monoisotopic (exact) mass is 343 g/mol. The van der Waals surface area contributed by atoms with E-state index in [2.05, 4.69) is 10.4 Å². The average molecular weight is 344 g/mol. The van der Waals surface area contributed by atoms with E-state index in [-0.39, 0.29) is 5.91 Å². The normalized spacial score (nSPS) is 11.0. The molecule has 0 unspecified atom stereocenters. The van der Waals surface area contributed by atoms with Crippen molar-refractivity contribution in [3.8, 4) is 0 Å². The van der Waals surface area contributed by atoms with Gasteiger partial charge in [0.05, 0.1) is 12.7 Å². The summed E-state index contributed by atoms with van der Waals surface area (Å²) in [5.41, 5.74) is 1.02. The standard InChI is InChI=1S/C17H14ClN3OS/c18-14-4-1-3-13(11-14)12-21-16(8-9-19-21)20-17(22)7-6-15-5-2-10-23-15/h1-11H,12H2,(H,20,22). The van der Waals surface area contributed by atoms with Gasteiger partial charge in [-0.3, -0.25) is 4.79 Å². The van der Waals surface area contributed by atoms with Gasteiger partial charge in [-0.25, -0.2) is 4.68 Å². The molecular formula is C17H14ClN3OS. The van der Waals surface area contributed by atoms with E-state index in [1.165, 1.54) is 6.08 Å². The molecule has 3 aromatic rings. The number of thiophene rings is 1. The van der Waals surface area contributed by atoms with E-state index < -0.39 is 0 Å². The van der Waals surface area contributed by atoms with Gasteiger partial charge in [-0.2, -0.15) is 5.10 Å². The molecule has 3 rings (SSSR count). The number of halogens is 1. The number of carbonyl (C=O) groups excluding carboxylic acids is 1. The second kappa shape index (κ2) is 7.26. The zero-order chi connectivity index (χ0) is 16.1. The maximum Gasteiger partial charge on any atom is 0.249 e. The highest BCUT2D eigenvalue weighted by Gasteiger charge is 2.06. The van der Waals surface area contributed by atoms with Crippen LogP contribution in [0.15, 0.2) is 60.1 Å². The van der Waals surface area contributed by atoms with E-state index >= 15 is 0 Å². The summed E-state index contributed by atoms with van der Waals surface area (Å²) in [7, 11) is 0. The summed E-state index contributed by atoms with van der Waals surface area (Å²) < 4.78 is 1.72. The fourth-order valence-electron chi connectivity index (χ4n) is 2.08. The van der Waals surface area contributed by atoms with Crippen LogP contribution in [0.4, 0.5) is 5.82 Å². The molecule has 0 bridgehead atoms. The fourth-order valence-corrected chi connectivity index (χ4v) is 2.92. The molecule has 1 amide bonds. The lowest BCUT2D eigenvalue weighted by atomic mass is 10.2. The van der Waals surface area contributed by atoms with Gasteiger partial charge in [-0.1, -0.05) is 29.8 Å². The van der Waals surface area contributed by atoms with Gasteiger partial charge >= 0.3 is 0 Å². The highest BCUT2D eigenvalue weighted by atomic mass is 35.5. The number of nitrogens with zero attached hydrogens (tertiary/aromatic N) is 2. The molecule has 0 aliphatic carbocycles. The lowest BCUT2D eigenvalue weighted by Crippen LogP contribution is -2.13. The minimum atomic E-state index is -0.189. The molecule has 0 spiro atoms. The van der Waals surface area contributed by atoms with E-state index in [1.807, 2.05) is 41.8 Å². The first-order valence-corrected chi connectivity index (χ1v) is 8.25. The van der Waals surface area contributed by atoms with Crippen molar-refractivity contribution in [3.05, 3.63) is 75.6 Å². The van der Waals surface area contributed by atoms with E-state index in [0.717, 1.165) is 10.4 Å². The molecule has 0 fully saturated rings. The molecule has 1 aromatic carbocycles. The largest absolute Gasteiger partial charge is 0.307 e. The Balaban J connectivity index is 1.67. The van der Waals surface area contributed by atoms with Crippen molar-refractivity contribution in [1.82, 2.24) is 9.78 Å². The zero-order valence-corrected chi connectivity index (χ0v) is 13.7. The first kappa shape index (κ1) is 15.5. The van der Waals surface area contributed by atoms with Crippen LogP contribution in [-0.2, 0) is 11.3 Å². The topological polar surface area (TPSA) is 46.9 Å². The number of amides is 1. The highest BCUT2D eigenvalue weighted by molar-refractivity contribution is 7.10. The van der Waals surface area contributed by atoms with E-state index in [4.69, 9.17) is 11.6 Å². The molecule has 23 heavy (non-hydrogen) atoms. The first-order valence-electron chi connectivity index (χ1n) is 6.99. The Morgan fingerprint density at radius 3 is 3.00 bits per heavy atom. The quantitative estimate of drug-likeness (QED) is 0.702. The minimum Gasteiger partial charge on any atom is -0.307 e. The van der Waals surface area contributed by atoms with Crippen LogP contribution >= 0.6 is 22.9 Å². The Labute approximate surface area is 143 Å². The maximum absolute atomic E-state index is 12.0. The van der Waals surface area contributed by atoms with Crippen molar-refractivity contribution >= 4 is 40.7 Å². The second-order valence-electron chi connectivity index (χ2n) is 4.84. The molecule has 2 aromatic heterocycles. The van der Waals surface area contributed by atoms with Crippen LogP contribution in [-0.4, -0.2) is 15.7 Å². The van der Waals surface area contributed by atoms with Crippen molar-refractivity contribution < 1.29 is 4.79 Å². The predicted molar refractivity (Wildman–Crippen MR) is 94.8 cm³/mol. The van der Waals surface area contributed by atoms with Crippen molar-refractivity contribution in [2.75, 3.05) is 5.32 Å². The summed E-state index contributed by atoms with van der Waals surface area (Å²) in [4.78, 5) is 13.0. The van der Waals surface area contributed by atoms with Crippen molar-refractivity contribution in [2.24, 2.45) is 0 Å². The van der Waals surface area contributed by atoms with Crippen molar-refractivity contribution in [3.63, 3.8) is 0 Å². The number of benzene rings is 1. The van der Waals surface area contributed by atoms with Crippen LogP contribution in [0.2, 0.25) is 5.02 Å². The van der Waals surface area contributed by atoms with Gasteiger partial charge in [0, 0.05) is 22.0 Å². The van der Waals surface area contributed by atoms with Crippen LogP contribution < -0.4 is 5.32 Å². The number of carbonyl (C=O) groups is 1. The molecule has 2 heterocycles. The van der Waals surface area contributed by atoms with Gasteiger partial charge in [0.2, 0.25) is 5.91 Å². The Hall–Kier alpha value is -2.37. The van der Waals surface area contributed by atoms with Gasteiger partial charge in [0.1, 0.15) is 5.82 Å².